The summed E-state index contributed by atoms with van der Waals surface area (Å²) >= 11 is 1.65. The zero-order valence-electron chi connectivity index (χ0n) is 11.8. The van der Waals surface area contributed by atoms with Gasteiger partial charge in [-0.3, -0.25) is 0 Å². The van der Waals surface area contributed by atoms with E-state index in [1.54, 1.807) is 23.9 Å². The van der Waals surface area contributed by atoms with Crippen molar-refractivity contribution in [3.63, 3.8) is 0 Å². The first-order chi connectivity index (χ1) is 10.1. The molecule has 0 bridgehead atoms. The Kier molecular flexibility index (Phi) is 5.61. The summed E-state index contributed by atoms with van der Waals surface area (Å²) in [6.07, 6.45) is 1.37. The van der Waals surface area contributed by atoms with Crippen LogP contribution in [0, 0.1) is 5.82 Å². The van der Waals surface area contributed by atoms with E-state index in [-0.39, 0.29) is 12.4 Å². The fourth-order valence-corrected chi connectivity index (χ4v) is 2.36. The molecule has 2 aromatic rings. The number of thioether (sulfide) groups is 1. The Morgan fingerprint density at radius 2 is 1.95 bits per heavy atom. The van der Waals surface area contributed by atoms with Crippen LogP contribution < -0.4 is 11.1 Å². The Balaban J connectivity index is 2.14. The maximum atomic E-state index is 14.2. The van der Waals surface area contributed by atoms with Crippen LogP contribution in [0.25, 0.3) is 11.1 Å². The lowest BCUT2D eigenvalue weighted by atomic mass is 10.0. The highest BCUT2D eigenvalue weighted by Crippen LogP contribution is 2.27. The standard InChI is InChI=1S/C16H19FN2OS/c1-21-14-5-2-11(3-6-14)15-7-4-12(8-16(15)17)19-10-13(20)9-18/h2-8,13,19-20H,9-10,18H2,1H3. The number of aliphatic hydroxyl groups excluding tert-OH is 1. The smallest absolute Gasteiger partial charge is 0.133 e. The van der Waals surface area contributed by atoms with Crippen molar-refractivity contribution in [2.75, 3.05) is 24.7 Å². The Labute approximate surface area is 128 Å². The molecule has 0 radical (unpaired) electrons. The molecule has 0 amide bonds. The summed E-state index contributed by atoms with van der Waals surface area (Å²) in [4.78, 5) is 1.15. The van der Waals surface area contributed by atoms with Crippen molar-refractivity contribution >= 4 is 17.4 Å². The van der Waals surface area contributed by atoms with Gasteiger partial charge in [0.15, 0.2) is 0 Å². The van der Waals surface area contributed by atoms with Crippen LogP contribution in [0.5, 0.6) is 0 Å². The molecule has 2 aromatic carbocycles. The van der Waals surface area contributed by atoms with Gasteiger partial charge in [0.05, 0.1) is 6.10 Å². The Morgan fingerprint density at radius 3 is 2.52 bits per heavy atom. The molecule has 4 N–H and O–H groups in total. The number of aliphatic hydroxyl groups is 1. The first-order valence-electron chi connectivity index (χ1n) is 6.70. The van der Waals surface area contributed by atoms with E-state index in [9.17, 15) is 9.50 Å². The lowest BCUT2D eigenvalue weighted by Gasteiger charge is -2.12. The van der Waals surface area contributed by atoms with Crippen molar-refractivity contribution in [2.24, 2.45) is 5.73 Å². The first kappa shape index (κ1) is 15.8. The minimum absolute atomic E-state index is 0.176. The average Bonchev–Trinajstić information content (AvgIpc) is 2.53. The molecule has 0 fully saturated rings. The average molecular weight is 306 g/mol. The van der Waals surface area contributed by atoms with Crippen LogP contribution in [0.4, 0.5) is 10.1 Å². The molecule has 0 heterocycles. The van der Waals surface area contributed by atoms with Gasteiger partial charge in [0.25, 0.3) is 0 Å². The third kappa shape index (κ3) is 4.20. The van der Waals surface area contributed by atoms with Crippen LogP contribution in [0.15, 0.2) is 47.4 Å². The second-order valence-corrected chi connectivity index (χ2v) is 5.57. The van der Waals surface area contributed by atoms with Gasteiger partial charge in [-0.15, -0.1) is 11.8 Å². The number of nitrogens with two attached hydrogens (primary N) is 1. The van der Waals surface area contributed by atoms with Crippen LogP contribution in [-0.4, -0.2) is 30.6 Å². The predicted octanol–water partition coefficient (Wildman–Crippen LogP) is 2.95. The molecule has 0 aliphatic carbocycles. The highest BCUT2D eigenvalue weighted by atomic mass is 32.2. The molecule has 2 rings (SSSR count). The van der Waals surface area contributed by atoms with E-state index in [0.717, 1.165) is 10.5 Å². The van der Waals surface area contributed by atoms with E-state index < -0.39 is 6.10 Å². The van der Waals surface area contributed by atoms with Gasteiger partial charge >= 0.3 is 0 Å². The topological polar surface area (TPSA) is 58.3 Å². The van der Waals surface area contributed by atoms with E-state index in [1.165, 1.54) is 6.07 Å². The zero-order chi connectivity index (χ0) is 15.2. The van der Waals surface area contributed by atoms with Crippen LogP contribution in [0.2, 0.25) is 0 Å². The predicted molar refractivity (Wildman–Crippen MR) is 87.2 cm³/mol. The number of hydrogen-bond donors (Lipinski definition) is 3. The molecule has 0 spiro atoms. The molecule has 1 unspecified atom stereocenters. The highest BCUT2D eigenvalue weighted by Gasteiger charge is 2.07. The molecule has 3 nitrogen and oxygen atoms in total. The van der Waals surface area contributed by atoms with Crippen molar-refractivity contribution in [3.8, 4) is 11.1 Å². The zero-order valence-corrected chi connectivity index (χ0v) is 12.7. The second-order valence-electron chi connectivity index (χ2n) is 4.69. The summed E-state index contributed by atoms with van der Waals surface area (Å²) in [7, 11) is 0. The second kappa shape index (κ2) is 7.45. The molecular formula is C16H19FN2OS. The van der Waals surface area contributed by atoms with E-state index >= 15 is 0 Å². The number of benzene rings is 2. The van der Waals surface area contributed by atoms with Crippen molar-refractivity contribution in [1.29, 1.82) is 0 Å². The fraction of sp³-hybridized carbons (Fsp3) is 0.250. The molecule has 1 atom stereocenters. The quantitative estimate of drug-likeness (QED) is 0.718. The van der Waals surface area contributed by atoms with Gasteiger partial charge in [-0.1, -0.05) is 12.1 Å². The van der Waals surface area contributed by atoms with Gasteiger partial charge in [0.2, 0.25) is 0 Å². The summed E-state index contributed by atoms with van der Waals surface area (Å²) in [5.74, 6) is -0.292. The first-order valence-corrected chi connectivity index (χ1v) is 7.92. The van der Waals surface area contributed by atoms with Gasteiger partial charge in [-0.05, 0) is 42.2 Å². The van der Waals surface area contributed by atoms with E-state index in [1.807, 2.05) is 30.5 Å². The van der Waals surface area contributed by atoms with Gasteiger partial charge in [0.1, 0.15) is 5.82 Å². The van der Waals surface area contributed by atoms with Crippen LogP contribution in [-0.2, 0) is 0 Å². The van der Waals surface area contributed by atoms with E-state index in [0.29, 0.717) is 17.8 Å². The van der Waals surface area contributed by atoms with Crippen molar-refractivity contribution in [2.45, 2.75) is 11.0 Å². The molecule has 0 saturated heterocycles. The molecule has 0 aromatic heterocycles. The minimum Gasteiger partial charge on any atom is -0.390 e. The van der Waals surface area contributed by atoms with E-state index in [2.05, 4.69) is 5.32 Å². The van der Waals surface area contributed by atoms with Gasteiger partial charge in [-0.2, -0.15) is 0 Å². The number of halogens is 1. The maximum Gasteiger partial charge on any atom is 0.133 e. The maximum absolute atomic E-state index is 14.2. The molecule has 0 saturated carbocycles. The van der Waals surface area contributed by atoms with Crippen LogP contribution >= 0.6 is 11.8 Å². The Morgan fingerprint density at radius 1 is 1.24 bits per heavy atom. The summed E-state index contributed by atoms with van der Waals surface area (Å²) in [6, 6.07) is 12.7. The fourth-order valence-electron chi connectivity index (χ4n) is 1.95. The van der Waals surface area contributed by atoms with Crippen molar-refractivity contribution < 1.29 is 9.50 Å². The third-order valence-electron chi connectivity index (χ3n) is 3.18. The number of rotatable bonds is 6. The highest BCUT2D eigenvalue weighted by molar-refractivity contribution is 7.98. The monoisotopic (exact) mass is 306 g/mol. The van der Waals surface area contributed by atoms with Crippen LogP contribution in [0.1, 0.15) is 0 Å². The van der Waals surface area contributed by atoms with Gasteiger partial charge < -0.3 is 16.2 Å². The third-order valence-corrected chi connectivity index (χ3v) is 3.93. The SMILES string of the molecule is CSc1ccc(-c2ccc(NCC(O)CN)cc2F)cc1. The van der Waals surface area contributed by atoms with Gasteiger partial charge in [-0.25, -0.2) is 4.39 Å². The molecule has 0 aliphatic rings. The minimum atomic E-state index is -0.633. The number of hydrogen-bond acceptors (Lipinski definition) is 4. The molecule has 0 aliphatic heterocycles. The van der Waals surface area contributed by atoms with Crippen molar-refractivity contribution in [3.05, 3.63) is 48.3 Å². The number of anilines is 1. The molecule has 21 heavy (non-hydrogen) atoms. The molecule has 5 heteroatoms. The van der Waals surface area contributed by atoms with E-state index in [4.69, 9.17) is 5.73 Å². The summed E-state index contributed by atoms with van der Waals surface area (Å²) in [6.45, 7) is 0.479. The molecular weight excluding hydrogens is 287 g/mol. The largest absolute Gasteiger partial charge is 0.390 e. The summed E-state index contributed by atoms with van der Waals surface area (Å²) < 4.78 is 14.2. The Bertz CT molecular complexity index is 589. The Hall–Kier alpha value is -1.56. The summed E-state index contributed by atoms with van der Waals surface area (Å²) in [5, 5.41) is 12.3. The molecule has 112 valence electrons. The lowest BCUT2D eigenvalue weighted by Crippen LogP contribution is -2.27. The number of nitrogens with one attached hydrogen (secondary N) is 1. The van der Waals surface area contributed by atoms with Crippen molar-refractivity contribution in [1.82, 2.24) is 0 Å². The lowest BCUT2D eigenvalue weighted by molar-refractivity contribution is 0.196. The normalized spacial score (nSPS) is 12.2. The van der Waals surface area contributed by atoms with Crippen LogP contribution in [0.3, 0.4) is 0 Å². The summed E-state index contributed by atoms with van der Waals surface area (Å²) in [5.41, 5.74) is 7.36. The van der Waals surface area contributed by atoms with Gasteiger partial charge in [0, 0.05) is 29.2 Å².